The van der Waals surface area contributed by atoms with Crippen molar-refractivity contribution in [3.8, 4) is 11.5 Å². The molecular formula is C19H22N2O5S2. The highest BCUT2D eigenvalue weighted by molar-refractivity contribution is 7.91. The molecule has 1 amide bonds. The van der Waals surface area contributed by atoms with Crippen molar-refractivity contribution in [1.29, 1.82) is 0 Å². The van der Waals surface area contributed by atoms with Crippen LogP contribution in [0.1, 0.15) is 17.7 Å². The highest BCUT2D eigenvalue weighted by Gasteiger charge is 2.34. The van der Waals surface area contributed by atoms with Gasteiger partial charge in [0.25, 0.3) is 10.0 Å². The molecule has 0 bridgehead atoms. The summed E-state index contributed by atoms with van der Waals surface area (Å²) >= 11 is 1.26. The fraction of sp³-hybridized carbons (Fsp3) is 0.421. The van der Waals surface area contributed by atoms with Crippen LogP contribution in [0.4, 0.5) is 5.69 Å². The van der Waals surface area contributed by atoms with E-state index >= 15 is 0 Å². The Balaban J connectivity index is 1.45. The van der Waals surface area contributed by atoms with Crippen molar-refractivity contribution in [2.24, 2.45) is 5.92 Å². The van der Waals surface area contributed by atoms with Gasteiger partial charge in [-0.05, 0) is 44.0 Å². The molecule has 0 aliphatic carbocycles. The van der Waals surface area contributed by atoms with E-state index in [1.165, 1.54) is 15.6 Å². The number of rotatable bonds is 4. The van der Waals surface area contributed by atoms with Gasteiger partial charge >= 0.3 is 0 Å². The average molecular weight is 423 g/mol. The lowest BCUT2D eigenvalue weighted by Gasteiger charge is -2.30. The van der Waals surface area contributed by atoms with Gasteiger partial charge in [0.15, 0.2) is 11.5 Å². The maximum atomic E-state index is 12.9. The lowest BCUT2D eigenvalue weighted by Crippen LogP contribution is -2.43. The van der Waals surface area contributed by atoms with Crippen LogP contribution >= 0.6 is 11.3 Å². The van der Waals surface area contributed by atoms with Crippen molar-refractivity contribution in [1.82, 2.24) is 4.31 Å². The summed E-state index contributed by atoms with van der Waals surface area (Å²) in [4.78, 5) is 13.7. The number of amides is 1. The number of anilines is 1. The Kier molecular flexibility index (Phi) is 5.31. The summed E-state index contributed by atoms with van der Waals surface area (Å²) in [5, 5.41) is 2.88. The lowest BCUT2D eigenvalue weighted by molar-refractivity contribution is -0.120. The van der Waals surface area contributed by atoms with Gasteiger partial charge in [-0.25, -0.2) is 8.42 Å². The van der Waals surface area contributed by atoms with Crippen LogP contribution in [0.3, 0.4) is 0 Å². The molecule has 7 nitrogen and oxygen atoms in total. The molecule has 3 heterocycles. The van der Waals surface area contributed by atoms with Crippen LogP contribution in [0.2, 0.25) is 0 Å². The topological polar surface area (TPSA) is 84.9 Å². The number of ether oxygens (including phenoxy) is 2. The molecule has 1 atom stereocenters. The zero-order valence-electron chi connectivity index (χ0n) is 15.5. The van der Waals surface area contributed by atoms with Gasteiger partial charge < -0.3 is 14.8 Å². The van der Waals surface area contributed by atoms with E-state index in [0.717, 1.165) is 4.88 Å². The molecule has 28 heavy (non-hydrogen) atoms. The number of thiophene rings is 1. The summed E-state index contributed by atoms with van der Waals surface area (Å²) in [5.41, 5.74) is 0.614. The molecule has 1 aromatic heterocycles. The molecule has 2 aliphatic rings. The Bertz CT molecular complexity index is 986. The molecule has 9 heteroatoms. The third-order valence-corrected chi connectivity index (χ3v) is 8.21. The number of piperidine rings is 1. The van der Waals surface area contributed by atoms with Crippen molar-refractivity contribution < 1.29 is 22.7 Å². The molecule has 1 fully saturated rings. The molecule has 0 saturated carbocycles. The van der Waals surface area contributed by atoms with Gasteiger partial charge in [-0.3, -0.25) is 4.79 Å². The Labute approximate surface area is 168 Å². The number of fused-ring (bicyclic) bond motifs is 1. The average Bonchev–Trinajstić information content (AvgIpc) is 3.15. The van der Waals surface area contributed by atoms with Gasteiger partial charge in [-0.2, -0.15) is 4.31 Å². The Morgan fingerprint density at radius 3 is 2.71 bits per heavy atom. The van der Waals surface area contributed by atoms with E-state index in [4.69, 9.17) is 9.47 Å². The predicted molar refractivity (Wildman–Crippen MR) is 107 cm³/mol. The Morgan fingerprint density at radius 2 is 1.96 bits per heavy atom. The van der Waals surface area contributed by atoms with E-state index in [1.54, 1.807) is 30.3 Å². The highest BCUT2D eigenvalue weighted by Crippen LogP contribution is 2.33. The standard InChI is InChI=1S/C19H22N2O5S2/c1-13-4-7-18(27-13)28(23,24)21-8-2-3-14(12-21)19(22)20-15-5-6-16-17(11-15)26-10-9-25-16/h4-7,11,14H,2-3,8-10,12H2,1H3,(H,20,22)/t14-/m0/s1. The molecule has 1 N–H and O–H groups in total. The van der Waals surface area contributed by atoms with Crippen molar-refractivity contribution in [3.05, 3.63) is 35.2 Å². The normalized spacial score (nSPS) is 20.0. The van der Waals surface area contributed by atoms with E-state index in [9.17, 15) is 13.2 Å². The molecule has 2 aromatic rings. The summed E-state index contributed by atoms with van der Waals surface area (Å²) in [6.07, 6.45) is 1.31. The number of sulfonamides is 1. The largest absolute Gasteiger partial charge is 0.486 e. The first-order valence-corrected chi connectivity index (χ1v) is 11.5. The quantitative estimate of drug-likeness (QED) is 0.819. The maximum Gasteiger partial charge on any atom is 0.252 e. The van der Waals surface area contributed by atoms with E-state index in [0.29, 0.717) is 54.0 Å². The minimum Gasteiger partial charge on any atom is -0.486 e. The van der Waals surface area contributed by atoms with Crippen molar-refractivity contribution in [2.75, 3.05) is 31.6 Å². The number of carbonyl (C=O) groups is 1. The zero-order chi connectivity index (χ0) is 19.7. The molecule has 0 unspecified atom stereocenters. The van der Waals surface area contributed by atoms with Gasteiger partial charge in [0.05, 0.1) is 5.92 Å². The van der Waals surface area contributed by atoms with Crippen LogP contribution in [-0.4, -0.2) is 44.9 Å². The van der Waals surface area contributed by atoms with Crippen molar-refractivity contribution in [3.63, 3.8) is 0 Å². The number of carbonyl (C=O) groups excluding carboxylic acids is 1. The third kappa shape index (κ3) is 3.87. The summed E-state index contributed by atoms with van der Waals surface area (Å²) < 4.78 is 38.5. The van der Waals surface area contributed by atoms with Crippen LogP contribution in [0.5, 0.6) is 11.5 Å². The Hall–Kier alpha value is -2.10. The molecule has 0 spiro atoms. The molecule has 0 radical (unpaired) electrons. The minimum atomic E-state index is -3.56. The molecule has 1 saturated heterocycles. The molecular weight excluding hydrogens is 400 g/mol. The highest BCUT2D eigenvalue weighted by atomic mass is 32.2. The fourth-order valence-corrected chi connectivity index (χ4v) is 6.38. The summed E-state index contributed by atoms with van der Waals surface area (Å²) in [6, 6.07) is 8.69. The first-order chi connectivity index (χ1) is 13.4. The molecule has 4 rings (SSSR count). The second-order valence-electron chi connectivity index (χ2n) is 6.91. The van der Waals surface area contributed by atoms with E-state index in [2.05, 4.69) is 5.32 Å². The van der Waals surface area contributed by atoms with E-state index in [1.807, 2.05) is 6.92 Å². The monoisotopic (exact) mass is 422 g/mol. The van der Waals surface area contributed by atoms with Crippen LogP contribution in [-0.2, 0) is 14.8 Å². The number of benzene rings is 1. The minimum absolute atomic E-state index is 0.182. The first-order valence-electron chi connectivity index (χ1n) is 9.20. The first kappa shape index (κ1) is 19.2. The number of nitrogens with one attached hydrogen (secondary N) is 1. The third-order valence-electron chi connectivity index (χ3n) is 4.87. The van der Waals surface area contributed by atoms with Crippen molar-refractivity contribution in [2.45, 2.75) is 24.0 Å². The second kappa shape index (κ2) is 7.73. The SMILES string of the molecule is Cc1ccc(S(=O)(=O)N2CCC[C@H](C(=O)Nc3ccc4c(c3)OCCO4)C2)s1. The van der Waals surface area contributed by atoms with Gasteiger partial charge in [-0.1, -0.05) is 0 Å². The van der Waals surface area contributed by atoms with Gasteiger partial charge in [0.2, 0.25) is 5.91 Å². The second-order valence-corrected chi connectivity index (χ2v) is 10.4. The smallest absolute Gasteiger partial charge is 0.252 e. The van der Waals surface area contributed by atoms with E-state index in [-0.39, 0.29) is 12.5 Å². The van der Waals surface area contributed by atoms with Crippen LogP contribution in [0.25, 0.3) is 0 Å². The van der Waals surface area contributed by atoms with Gasteiger partial charge in [-0.15, -0.1) is 11.3 Å². The predicted octanol–water partition coefficient (Wildman–Crippen LogP) is 2.87. The van der Waals surface area contributed by atoms with Crippen LogP contribution in [0.15, 0.2) is 34.5 Å². The molecule has 150 valence electrons. The number of hydrogen-bond acceptors (Lipinski definition) is 6. The van der Waals surface area contributed by atoms with E-state index < -0.39 is 15.9 Å². The van der Waals surface area contributed by atoms with Gasteiger partial charge in [0, 0.05) is 29.7 Å². The van der Waals surface area contributed by atoms with Crippen molar-refractivity contribution >= 4 is 33.0 Å². The fourth-order valence-electron chi connectivity index (χ4n) is 3.42. The number of hydrogen-bond donors (Lipinski definition) is 1. The van der Waals surface area contributed by atoms with Crippen LogP contribution in [0, 0.1) is 12.8 Å². The van der Waals surface area contributed by atoms with Gasteiger partial charge in [0.1, 0.15) is 17.4 Å². The molecule has 2 aliphatic heterocycles. The maximum absolute atomic E-state index is 12.9. The number of nitrogens with zero attached hydrogens (tertiary/aromatic N) is 1. The number of aryl methyl sites for hydroxylation is 1. The Morgan fingerprint density at radius 1 is 1.18 bits per heavy atom. The van der Waals surface area contributed by atoms with Crippen LogP contribution < -0.4 is 14.8 Å². The summed E-state index contributed by atoms with van der Waals surface area (Å²) in [5.74, 6) is 0.687. The summed E-state index contributed by atoms with van der Waals surface area (Å²) in [6.45, 7) is 3.49. The molecule has 1 aromatic carbocycles. The summed E-state index contributed by atoms with van der Waals surface area (Å²) in [7, 11) is -3.56. The lowest BCUT2D eigenvalue weighted by atomic mass is 9.98. The zero-order valence-corrected chi connectivity index (χ0v) is 17.1.